The summed E-state index contributed by atoms with van der Waals surface area (Å²) in [7, 11) is 0. The first-order valence-electron chi connectivity index (χ1n) is 5.68. The zero-order valence-electron chi connectivity index (χ0n) is 8.72. The van der Waals surface area contributed by atoms with Crippen molar-refractivity contribution in [2.45, 2.75) is 46.5 Å². The molecule has 0 bridgehead atoms. The van der Waals surface area contributed by atoms with E-state index in [1.165, 1.54) is 0 Å². The third-order valence-corrected chi connectivity index (χ3v) is 4.58. The van der Waals surface area contributed by atoms with Crippen molar-refractivity contribution < 1.29 is 0 Å². The number of rotatable bonds is 2. The van der Waals surface area contributed by atoms with Crippen LogP contribution in [0.25, 0.3) is 0 Å². The van der Waals surface area contributed by atoms with Crippen molar-refractivity contribution in [2.24, 2.45) is 29.6 Å². The Hall–Kier alpha value is 0. The van der Waals surface area contributed by atoms with E-state index in [1.54, 1.807) is 25.7 Å². The summed E-state index contributed by atoms with van der Waals surface area (Å²) in [5.74, 6) is 5.23. The molecule has 3 atom stereocenters. The predicted octanol–water partition coefficient (Wildman–Crippen LogP) is 3.71. The maximum atomic E-state index is 2.46. The Balaban J connectivity index is 1.89. The Morgan fingerprint density at radius 1 is 0.917 bits per heavy atom. The minimum absolute atomic E-state index is 0.896. The smallest absolute Gasteiger partial charge is 0.0381 e. The van der Waals surface area contributed by atoms with Crippen LogP contribution in [0.3, 0.4) is 0 Å². The van der Waals surface area contributed by atoms with Gasteiger partial charge in [-0.25, -0.2) is 0 Å². The summed E-state index contributed by atoms with van der Waals surface area (Å²) in [5.41, 5.74) is 0. The van der Waals surface area contributed by atoms with Gasteiger partial charge in [0.05, 0.1) is 0 Å². The van der Waals surface area contributed by atoms with Gasteiger partial charge in [0.15, 0.2) is 0 Å². The zero-order valence-corrected chi connectivity index (χ0v) is 8.72. The Kier molecular flexibility index (Phi) is 2.18. The molecule has 2 fully saturated rings. The van der Waals surface area contributed by atoms with E-state index in [9.17, 15) is 0 Å². The Morgan fingerprint density at radius 2 is 1.42 bits per heavy atom. The van der Waals surface area contributed by atoms with Crippen molar-refractivity contribution >= 4 is 0 Å². The van der Waals surface area contributed by atoms with Gasteiger partial charge in [-0.15, -0.1) is 0 Å². The Morgan fingerprint density at radius 3 is 1.75 bits per heavy atom. The van der Waals surface area contributed by atoms with Gasteiger partial charge in [-0.2, -0.15) is 0 Å². The number of hydrogen-bond donors (Lipinski definition) is 0. The third-order valence-electron chi connectivity index (χ3n) is 4.58. The molecule has 0 heterocycles. The highest BCUT2D eigenvalue weighted by Gasteiger charge is 2.42. The lowest BCUT2D eigenvalue weighted by Crippen LogP contribution is -2.18. The quantitative estimate of drug-likeness (QED) is 0.586. The molecule has 2 aliphatic carbocycles. The molecular formula is C12H22. The van der Waals surface area contributed by atoms with Gasteiger partial charge in [0.25, 0.3) is 0 Å². The fourth-order valence-corrected chi connectivity index (χ4v) is 3.11. The van der Waals surface area contributed by atoms with Crippen LogP contribution in [-0.2, 0) is 0 Å². The second-order valence-corrected chi connectivity index (χ2v) is 5.43. The summed E-state index contributed by atoms with van der Waals surface area (Å²) < 4.78 is 0. The molecule has 70 valence electrons. The number of hydrogen-bond acceptors (Lipinski definition) is 0. The van der Waals surface area contributed by atoms with Gasteiger partial charge in [-0.05, 0) is 55.3 Å². The predicted molar refractivity (Wildman–Crippen MR) is 52.9 cm³/mol. The van der Waals surface area contributed by atoms with E-state index >= 15 is 0 Å². The maximum absolute atomic E-state index is 2.46. The highest BCUT2D eigenvalue weighted by atomic mass is 14.5. The summed E-state index contributed by atoms with van der Waals surface area (Å²) in [6.07, 6.45) is 6.21. The SMILES string of the molecule is CC(C)C(C)C1CC2CCC2C1. The maximum Gasteiger partial charge on any atom is -0.0381 e. The first-order valence-corrected chi connectivity index (χ1v) is 5.68. The standard InChI is InChI=1S/C12H22/c1-8(2)9(3)12-6-10-4-5-11(10)7-12/h8-12H,4-7H2,1-3H3. The molecule has 2 saturated carbocycles. The van der Waals surface area contributed by atoms with Crippen LogP contribution in [0.5, 0.6) is 0 Å². The Bertz CT molecular complexity index is 147. The summed E-state index contributed by atoms with van der Waals surface area (Å²) in [5, 5.41) is 0. The summed E-state index contributed by atoms with van der Waals surface area (Å²) in [6, 6.07) is 0. The average molecular weight is 166 g/mol. The van der Waals surface area contributed by atoms with Crippen LogP contribution in [0.4, 0.5) is 0 Å². The molecule has 3 unspecified atom stereocenters. The molecule has 0 amide bonds. The molecule has 2 rings (SSSR count). The van der Waals surface area contributed by atoms with Crippen molar-refractivity contribution in [2.75, 3.05) is 0 Å². The second kappa shape index (κ2) is 3.05. The van der Waals surface area contributed by atoms with Crippen molar-refractivity contribution in [3.8, 4) is 0 Å². The first kappa shape index (κ1) is 8.59. The van der Waals surface area contributed by atoms with E-state index in [4.69, 9.17) is 0 Å². The van der Waals surface area contributed by atoms with Crippen molar-refractivity contribution in [1.82, 2.24) is 0 Å². The largest absolute Gasteiger partial charge is 0.0625 e. The molecule has 0 aromatic rings. The van der Waals surface area contributed by atoms with Crippen LogP contribution in [0.1, 0.15) is 46.5 Å². The van der Waals surface area contributed by atoms with Crippen LogP contribution in [0, 0.1) is 29.6 Å². The van der Waals surface area contributed by atoms with Gasteiger partial charge in [0, 0.05) is 0 Å². The minimum atomic E-state index is 0.896. The summed E-state index contributed by atoms with van der Waals surface area (Å²) in [6.45, 7) is 7.22. The second-order valence-electron chi connectivity index (χ2n) is 5.43. The van der Waals surface area contributed by atoms with E-state index in [0.29, 0.717) is 0 Å². The highest BCUT2D eigenvalue weighted by molar-refractivity contribution is 4.92. The average Bonchev–Trinajstić information content (AvgIpc) is 2.27. The van der Waals surface area contributed by atoms with E-state index in [2.05, 4.69) is 20.8 Å². The molecule has 2 aliphatic rings. The van der Waals surface area contributed by atoms with E-state index < -0.39 is 0 Å². The molecule has 0 aliphatic heterocycles. The molecule has 12 heavy (non-hydrogen) atoms. The molecule has 0 spiro atoms. The lowest BCUT2D eigenvalue weighted by molar-refractivity contribution is 0.219. The summed E-state index contributed by atoms with van der Waals surface area (Å²) >= 11 is 0. The molecule has 0 N–H and O–H groups in total. The fraction of sp³-hybridized carbons (Fsp3) is 1.00. The lowest BCUT2D eigenvalue weighted by atomic mass is 9.77. The van der Waals surface area contributed by atoms with Crippen LogP contribution < -0.4 is 0 Å². The Labute approximate surface area is 76.7 Å². The minimum Gasteiger partial charge on any atom is -0.0625 e. The van der Waals surface area contributed by atoms with Crippen molar-refractivity contribution in [1.29, 1.82) is 0 Å². The fourth-order valence-electron chi connectivity index (χ4n) is 3.11. The van der Waals surface area contributed by atoms with Gasteiger partial charge in [0.2, 0.25) is 0 Å². The van der Waals surface area contributed by atoms with Crippen LogP contribution >= 0.6 is 0 Å². The van der Waals surface area contributed by atoms with Crippen LogP contribution in [0.2, 0.25) is 0 Å². The molecule has 0 saturated heterocycles. The molecule has 0 heteroatoms. The number of fused-ring (bicyclic) bond motifs is 1. The van der Waals surface area contributed by atoms with Crippen LogP contribution in [0.15, 0.2) is 0 Å². The van der Waals surface area contributed by atoms with Gasteiger partial charge in [0.1, 0.15) is 0 Å². The third kappa shape index (κ3) is 1.30. The van der Waals surface area contributed by atoms with Gasteiger partial charge in [-0.3, -0.25) is 0 Å². The van der Waals surface area contributed by atoms with Gasteiger partial charge in [-0.1, -0.05) is 20.8 Å². The van der Waals surface area contributed by atoms with Crippen molar-refractivity contribution in [3.05, 3.63) is 0 Å². The topological polar surface area (TPSA) is 0 Å². The van der Waals surface area contributed by atoms with E-state index in [1.807, 2.05) is 0 Å². The lowest BCUT2D eigenvalue weighted by Gasteiger charge is -2.29. The van der Waals surface area contributed by atoms with E-state index in [-0.39, 0.29) is 0 Å². The van der Waals surface area contributed by atoms with Crippen LogP contribution in [-0.4, -0.2) is 0 Å². The molecule has 0 nitrogen and oxygen atoms in total. The van der Waals surface area contributed by atoms with Gasteiger partial charge >= 0.3 is 0 Å². The van der Waals surface area contributed by atoms with Gasteiger partial charge < -0.3 is 0 Å². The first-order chi connectivity index (χ1) is 5.68. The normalized spacial score (nSPS) is 42.5. The molecule has 0 aromatic heterocycles. The van der Waals surface area contributed by atoms with Crippen molar-refractivity contribution in [3.63, 3.8) is 0 Å². The monoisotopic (exact) mass is 166 g/mol. The molecular weight excluding hydrogens is 144 g/mol. The molecule has 0 aromatic carbocycles. The van der Waals surface area contributed by atoms with E-state index in [0.717, 1.165) is 29.6 Å². The zero-order chi connectivity index (χ0) is 8.72. The highest BCUT2D eigenvalue weighted by Crippen LogP contribution is 2.52. The molecule has 0 radical (unpaired) electrons. The summed E-state index contributed by atoms with van der Waals surface area (Å²) in [4.78, 5) is 0.